The number of aryl methyl sites for hydroxylation is 1. The number of imide groups is 1. The van der Waals surface area contributed by atoms with Crippen LogP contribution in [0.15, 0.2) is 78.9 Å². The number of rotatable bonds is 8. The van der Waals surface area contributed by atoms with Gasteiger partial charge in [0.1, 0.15) is 0 Å². The minimum absolute atomic E-state index is 0.157. The van der Waals surface area contributed by atoms with E-state index in [1.807, 2.05) is 18.2 Å². The van der Waals surface area contributed by atoms with E-state index in [1.165, 1.54) is 21.6 Å². The lowest BCUT2D eigenvalue weighted by atomic mass is 9.87. The van der Waals surface area contributed by atoms with Crippen LogP contribution in [0.2, 0.25) is 0 Å². The molecular weight excluding hydrogens is 370 g/mol. The predicted molar refractivity (Wildman–Crippen MR) is 120 cm³/mol. The summed E-state index contributed by atoms with van der Waals surface area (Å²) >= 11 is 0. The Labute approximate surface area is 178 Å². The maximum absolute atomic E-state index is 12.5. The van der Waals surface area contributed by atoms with E-state index in [1.54, 1.807) is 12.1 Å². The molecule has 0 N–H and O–H groups in total. The van der Waals surface area contributed by atoms with Crippen LogP contribution < -0.4 is 0 Å². The van der Waals surface area contributed by atoms with Gasteiger partial charge < -0.3 is 0 Å². The molecule has 30 heavy (non-hydrogen) atoms. The molecular formula is C27H27NO2. The molecule has 2 amide bonds. The van der Waals surface area contributed by atoms with Crippen molar-refractivity contribution in [2.75, 3.05) is 6.54 Å². The standard InChI is InChI=1S/C27H27NO2/c1-20-14-16-22(17-15-20)23(19-21-9-3-2-4-10-21)11-7-8-18-28-26(29)24-12-5-6-13-25(24)27(28)30/h2-6,9-10,12-17,23H,7-8,11,18-19H2,1H3/t23-/m1/s1. The van der Waals surface area contributed by atoms with Crippen LogP contribution >= 0.6 is 0 Å². The van der Waals surface area contributed by atoms with Crippen LogP contribution in [-0.4, -0.2) is 23.3 Å². The van der Waals surface area contributed by atoms with Crippen molar-refractivity contribution in [3.05, 3.63) is 107 Å². The molecule has 1 atom stereocenters. The normalized spacial score (nSPS) is 14.1. The lowest BCUT2D eigenvalue weighted by Crippen LogP contribution is -2.30. The minimum atomic E-state index is -0.157. The zero-order valence-electron chi connectivity index (χ0n) is 17.4. The van der Waals surface area contributed by atoms with Gasteiger partial charge in [0.25, 0.3) is 11.8 Å². The van der Waals surface area contributed by atoms with Crippen molar-refractivity contribution in [2.45, 2.75) is 38.5 Å². The summed E-state index contributed by atoms with van der Waals surface area (Å²) < 4.78 is 0. The van der Waals surface area contributed by atoms with Crippen molar-refractivity contribution in [2.24, 2.45) is 0 Å². The summed E-state index contributed by atoms with van der Waals surface area (Å²) in [6.45, 7) is 2.59. The summed E-state index contributed by atoms with van der Waals surface area (Å²) in [5.41, 5.74) is 5.02. The second-order valence-corrected chi connectivity index (χ2v) is 8.10. The fourth-order valence-electron chi connectivity index (χ4n) is 4.23. The largest absolute Gasteiger partial charge is 0.274 e. The first-order valence-corrected chi connectivity index (χ1v) is 10.7. The molecule has 3 aromatic rings. The van der Waals surface area contributed by atoms with Gasteiger partial charge in [0, 0.05) is 6.54 Å². The fourth-order valence-corrected chi connectivity index (χ4v) is 4.23. The second-order valence-electron chi connectivity index (χ2n) is 8.10. The molecule has 0 aliphatic carbocycles. The number of unbranched alkanes of at least 4 members (excludes halogenated alkanes) is 1. The Kier molecular flexibility index (Phi) is 6.08. The molecule has 3 heteroatoms. The van der Waals surface area contributed by atoms with Crippen LogP contribution in [-0.2, 0) is 6.42 Å². The van der Waals surface area contributed by atoms with Gasteiger partial charge in [-0.25, -0.2) is 0 Å². The number of carbonyl (C=O) groups excluding carboxylic acids is 2. The highest BCUT2D eigenvalue weighted by Crippen LogP contribution is 2.28. The van der Waals surface area contributed by atoms with Crippen molar-refractivity contribution < 1.29 is 9.59 Å². The maximum atomic E-state index is 12.5. The van der Waals surface area contributed by atoms with Crippen molar-refractivity contribution in [3.63, 3.8) is 0 Å². The van der Waals surface area contributed by atoms with E-state index >= 15 is 0 Å². The van der Waals surface area contributed by atoms with Crippen LogP contribution in [0.3, 0.4) is 0 Å². The van der Waals surface area contributed by atoms with Gasteiger partial charge in [-0.05, 0) is 55.4 Å². The molecule has 4 rings (SSSR count). The van der Waals surface area contributed by atoms with Crippen LogP contribution in [0.5, 0.6) is 0 Å². The van der Waals surface area contributed by atoms with Gasteiger partial charge >= 0.3 is 0 Å². The van der Waals surface area contributed by atoms with Gasteiger partial charge in [0.15, 0.2) is 0 Å². The number of fused-ring (bicyclic) bond motifs is 1. The summed E-state index contributed by atoms with van der Waals surface area (Å²) in [5, 5.41) is 0. The lowest BCUT2D eigenvalue weighted by Gasteiger charge is -2.19. The quantitative estimate of drug-likeness (QED) is 0.356. The zero-order chi connectivity index (χ0) is 20.9. The van der Waals surface area contributed by atoms with Crippen LogP contribution in [0, 0.1) is 6.92 Å². The first-order valence-electron chi connectivity index (χ1n) is 10.7. The molecule has 0 fully saturated rings. The van der Waals surface area contributed by atoms with Crippen molar-refractivity contribution in [1.82, 2.24) is 4.90 Å². The van der Waals surface area contributed by atoms with Gasteiger partial charge in [-0.15, -0.1) is 0 Å². The van der Waals surface area contributed by atoms with Gasteiger partial charge in [-0.3, -0.25) is 14.5 Å². The Morgan fingerprint density at radius 2 is 1.33 bits per heavy atom. The minimum Gasteiger partial charge on any atom is -0.274 e. The van der Waals surface area contributed by atoms with E-state index in [4.69, 9.17) is 0 Å². The summed E-state index contributed by atoms with van der Waals surface area (Å²) in [7, 11) is 0. The van der Waals surface area contributed by atoms with Crippen LogP contribution in [0.1, 0.15) is 62.6 Å². The topological polar surface area (TPSA) is 37.4 Å². The van der Waals surface area contributed by atoms with E-state index in [9.17, 15) is 9.59 Å². The van der Waals surface area contributed by atoms with E-state index in [-0.39, 0.29) is 11.8 Å². The third-order valence-electron chi connectivity index (χ3n) is 5.94. The van der Waals surface area contributed by atoms with Crippen molar-refractivity contribution in [1.29, 1.82) is 0 Å². The zero-order valence-corrected chi connectivity index (χ0v) is 17.4. The number of hydrogen-bond donors (Lipinski definition) is 0. The molecule has 3 aromatic carbocycles. The number of hydrogen-bond acceptors (Lipinski definition) is 2. The summed E-state index contributed by atoms with van der Waals surface area (Å²) in [6.07, 6.45) is 3.82. The molecule has 0 saturated carbocycles. The molecule has 152 valence electrons. The molecule has 0 radical (unpaired) electrons. The summed E-state index contributed by atoms with van der Waals surface area (Å²) in [4.78, 5) is 26.5. The Balaban J connectivity index is 1.38. The van der Waals surface area contributed by atoms with E-state index in [2.05, 4.69) is 55.5 Å². The predicted octanol–water partition coefficient (Wildman–Crippen LogP) is 5.79. The third kappa shape index (κ3) is 4.35. The highest BCUT2D eigenvalue weighted by molar-refractivity contribution is 6.21. The van der Waals surface area contributed by atoms with Crippen LogP contribution in [0.25, 0.3) is 0 Å². The van der Waals surface area contributed by atoms with Gasteiger partial charge in [-0.2, -0.15) is 0 Å². The molecule has 0 bridgehead atoms. The van der Waals surface area contributed by atoms with Crippen LogP contribution in [0.4, 0.5) is 0 Å². The lowest BCUT2D eigenvalue weighted by molar-refractivity contribution is 0.0651. The number of benzene rings is 3. The number of carbonyl (C=O) groups is 2. The SMILES string of the molecule is Cc1ccc([C@H](CCCCN2C(=O)c3ccccc3C2=O)Cc2ccccc2)cc1. The molecule has 1 aliphatic rings. The maximum Gasteiger partial charge on any atom is 0.261 e. The summed E-state index contributed by atoms with van der Waals surface area (Å²) in [5.74, 6) is 0.111. The highest BCUT2D eigenvalue weighted by atomic mass is 16.2. The van der Waals surface area contributed by atoms with Gasteiger partial charge in [-0.1, -0.05) is 78.7 Å². The van der Waals surface area contributed by atoms with Gasteiger partial charge in [0.2, 0.25) is 0 Å². The first-order chi connectivity index (χ1) is 14.6. The van der Waals surface area contributed by atoms with E-state index in [0.717, 1.165) is 25.7 Å². The Bertz CT molecular complexity index is 989. The summed E-state index contributed by atoms with van der Waals surface area (Å²) in [6, 6.07) is 26.5. The molecule has 0 aromatic heterocycles. The Morgan fingerprint density at radius 3 is 1.97 bits per heavy atom. The second kappa shape index (κ2) is 9.08. The molecule has 3 nitrogen and oxygen atoms in total. The average molecular weight is 398 g/mol. The molecule has 1 heterocycles. The average Bonchev–Trinajstić information content (AvgIpc) is 3.02. The molecule has 1 aliphatic heterocycles. The molecule has 0 unspecified atom stereocenters. The van der Waals surface area contributed by atoms with Gasteiger partial charge in [0.05, 0.1) is 11.1 Å². The molecule has 0 spiro atoms. The Morgan fingerprint density at radius 1 is 0.733 bits per heavy atom. The van der Waals surface area contributed by atoms with E-state index < -0.39 is 0 Å². The van der Waals surface area contributed by atoms with Crippen molar-refractivity contribution >= 4 is 11.8 Å². The highest BCUT2D eigenvalue weighted by Gasteiger charge is 2.34. The monoisotopic (exact) mass is 397 g/mol. The number of nitrogens with zero attached hydrogens (tertiary/aromatic N) is 1. The van der Waals surface area contributed by atoms with Crippen molar-refractivity contribution in [3.8, 4) is 0 Å². The third-order valence-corrected chi connectivity index (χ3v) is 5.94. The smallest absolute Gasteiger partial charge is 0.261 e. The number of amides is 2. The Hall–Kier alpha value is -3.20. The first kappa shape index (κ1) is 20.1. The van der Waals surface area contributed by atoms with E-state index in [0.29, 0.717) is 23.6 Å². The molecule has 0 saturated heterocycles. The fraction of sp³-hybridized carbons (Fsp3) is 0.259.